The van der Waals surface area contributed by atoms with Crippen LogP contribution in [0.2, 0.25) is 0 Å². The van der Waals surface area contributed by atoms with Gasteiger partial charge in [-0.3, -0.25) is 19.7 Å². The number of hydrogen-bond donors (Lipinski definition) is 1. The molecule has 3 aliphatic heterocycles. The molecule has 1 aromatic rings. The van der Waals surface area contributed by atoms with Crippen LogP contribution in [-0.4, -0.2) is 91.0 Å². The molecular formula is C25H36N4O5S2. The first-order valence-corrected chi connectivity index (χ1v) is 15.6. The molecule has 1 atom stereocenters. The Bertz CT molecular complexity index is 1090. The van der Waals surface area contributed by atoms with E-state index in [1.807, 2.05) is 18.2 Å². The molecule has 0 spiro atoms. The van der Waals surface area contributed by atoms with Gasteiger partial charge in [0.15, 0.2) is 0 Å². The van der Waals surface area contributed by atoms with Gasteiger partial charge in [-0.15, -0.1) is 11.8 Å². The van der Waals surface area contributed by atoms with Crippen molar-refractivity contribution in [3.8, 4) is 0 Å². The molecule has 4 rings (SSSR count). The summed E-state index contributed by atoms with van der Waals surface area (Å²) < 4.78 is 24.8. The highest BCUT2D eigenvalue weighted by molar-refractivity contribution is 7.99. The minimum atomic E-state index is -3.07. The number of sulfonamides is 1. The predicted octanol–water partition coefficient (Wildman–Crippen LogP) is 2.07. The Balaban J connectivity index is 1.14. The van der Waals surface area contributed by atoms with Crippen molar-refractivity contribution >= 4 is 39.5 Å². The van der Waals surface area contributed by atoms with Crippen LogP contribution in [0, 0.1) is 0 Å². The Morgan fingerprint density at radius 2 is 1.72 bits per heavy atom. The number of rotatable bonds is 11. The van der Waals surface area contributed by atoms with Crippen LogP contribution in [0.1, 0.15) is 60.9 Å². The highest BCUT2D eigenvalue weighted by Crippen LogP contribution is 2.34. The molecule has 36 heavy (non-hydrogen) atoms. The molecule has 2 fully saturated rings. The molecule has 3 amide bonds. The lowest BCUT2D eigenvalue weighted by Gasteiger charge is -2.33. The molecule has 0 radical (unpaired) electrons. The molecule has 0 aromatic heterocycles. The number of nitrogens with one attached hydrogen (secondary N) is 1. The van der Waals surface area contributed by atoms with E-state index in [1.165, 1.54) is 19.1 Å². The molecule has 11 heteroatoms. The van der Waals surface area contributed by atoms with Gasteiger partial charge in [0.25, 0.3) is 5.91 Å². The smallest absolute Gasteiger partial charge is 0.255 e. The highest BCUT2D eigenvalue weighted by Gasteiger charge is 2.39. The van der Waals surface area contributed by atoms with Gasteiger partial charge in [-0.05, 0) is 49.3 Å². The first-order valence-electron chi connectivity index (χ1n) is 12.8. The number of thioether (sulfide) groups is 1. The van der Waals surface area contributed by atoms with Crippen molar-refractivity contribution in [2.45, 2.75) is 62.4 Å². The number of hydrogen-bond acceptors (Lipinski definition) is 7. The van der Waals surface area contributed by atoms with Crippen LogP contribution in [-0.2, 0) is 26.2 Å². The summed E-state index contributed by atoms with van der Waals surface area (Å²) in [4.78, 5) is 41.8. The number of nitrogens with zero attached hydrogens (tertiary/aromatic N) is 3. The lowest BCUT2D eigenvalue weighted by molar-refractivity contribution is -0.136. The number of fused-ring (bicyclic) bond motifs is 1. The van der Waals surface area contributed by atoms with Crippen LogP contribution in [0.5, 0.6) is 0 Å². The Labute approximate surface area is 218 Å². The van der Waals surface area contributed by atoms with Crippen LogP contribution in [0.3, 0.4) is 0 Å². The number of unbranched alkanes of at least 4 members (excludes halogenated alkanes) is 4. The third-order valence-electron chi connectivity index (χ3n) is 7.22. The molecular weight excluding hydrogens is 500 g/mol. The largest absolute Gasteiger partial charge is 0.322 e. The van der Waals surface area contributed by atoms with Gasteiger partial charge in [0.05, 0.1) is 6.26 Å². The van der Waals surface area contributed by atoms with E-state index in [-0.39, 0.29) is 24.1 Å². The number of piperidine rings is 1. The average Bonchev–Trinajstić information content (AvgIpc) is 3.17. The van der Waals surface area contributed by atoms with Crippen molar-refractivity contribution in [3.63, 3.8) is 0 Å². The number of carbonyl (C=O) groups is 3. The second kappa shape index (κ2) is 12.1. The number of amides is 3. The van der Waals surface area contributed by atoms with E-state index in [9.17, 15) is 22.8 Å². The van der Waals surface area contributed by atoms with Gasteiger partial charge in [-0.2, -0.15) is 4.31 Å². The summed E-state index contributed by atoms with van der Waals surface area (Å²) in [6.07, 6.45) is 7.67. The first kappa shape index (κ1) is 27.1. The third-order valence-corrected chi connectivity index (χ3v) is 9.71. The van der Waals surface area contributed by atoms with E-state index in [4.69, 9.17) is 0 Å². The summed E-state index contributed by atoms with van der Waals surface area (Å²) in [6, 6.07) is 5.20. The van der Waals surface area contributed by atoms with Gasteiger partial charge in [0.1, 0.15) is 6.04 Å². The molecule has 1 N–H and O–H groups in total. The molecule has 3 aliphatic rings. The molecule has 1 aromatic carbocycles. The second-order valence-electron chi connectivity index (χ2n) is 9.80. The molecule has 0 saturated carbocycles. The summed E-state index contributed by atoms with van der Waals surface area (Å²) in [5.74, 6) is 0.206. The van der Waals surface area contributed by atoms with Crippen molar-refractivity contribution in [1.29, 1.82) is 0 Å². The maximum absolute atomic E-state index is 12.9. The van der Waals surface area contributed by atoms with Crippen molar-refractivity contribution < 1.29 is 22.8 Å². The quantitative estimate of drug-likeness (QED) is 0.262. The zero-order chi connectivity index (χ0) is 25.7. The Kier molecular flexibility index (Phi) is 9.08. The van der Waals surface area contributed by atoms with E-state index >= 15 is 0 Å². The number of imide groups is 1. The van der Waals surface area contributed by atoms with E-state index in [0.29, 0.717) is 31.6 Å². The summed E-state index contributed by atoms with van der Waals surface area (Å²) in [7, 11) is -3.07. The van der Waals surface area contributed by atoms with Crippen LogP contribution < -0.4 is 5.32 Å². The Morgan fingerprint density at radius 1 is 1.00 bits per heavy atom. The summed E-state index contributed by atoms with van der Waals surface area (Å²) in [5.41, 5.74) is 1.66. The second-order valence-corrected chi connectivity index (χ2v) is 12.9. The fraction of sp³-hybridized carbons (Fsp3) is 0.640. The summed E-state index contributed by atoms with van der Waals surface area (Å²) in [6.45, 7) is 4.26. The lowest BCUT2D eigenvalue weighted by atomic mass is 10.0. The van der Waals surface area contributed by atoms with Crippen LogP contribution in [0.25, 0.3) is 0 Å². The fourth-order valence-corrected chi connectivity index (χ4v) is 7.05. The number of carbonyl (C=O) groups excluding carboxylic acids is 3. The summed E-state index contributed by atoms with van der Waals surface area (Å²) in [5, 5.41) is 2.35. The van der Waals surface area contributed by atoms with Crippen LogP contribution in [0.4, 0.5) is 0 Å². The molecule has 0 aliphatic carbocycles. The first-order chi connectivity index (χ1) is 17.2. The maximum Gasteiger partial charge on any atom is 0.255 e. The minimum absolute atomic E-state index is 0.125. The van der Waals surface area contributed by atoms with Gasteiger partial charge in [0, 0.05) is 49.6 Å². The lowest BCUT2D eigenvalue weighted by Crippen LogP contribution is -2.52. The molecule has 2 saturated heterocycles. The monoisotopic (exact) mass is 536 g/mol. The molecule has 9 nitrogen and oxygen atoms in total. The predicted molar refractivity (Wildman–Crippen MR) is 139 cm³/mol. The van der Waals surface area contributed by atoms with Gasteiger partial charge >= 0.3 is 0 Å². The van der Waals surface area contributed by atoms with Crippen LogP contribution >= 0.6 is 11.8 Å². The van der Waals surface area contributed by atoms with Gasteiger partial charge in [-0.25, -0.2) is 8.42 Å². The summed E-state index contributed by atoms with van der Waals surface area (Å²) >= 11 is 1.77. The SMILES string of the molecule is CS(=O)(=O)N1CCN(CCCCCCCSc2cccc3c2CN(C2CCC(=O)NC2=O)C3=O)CC1. The minimum Gasteiger partial charge on any atom is -0.322 e. The van der Waals surface area contributed by atoms with Crippen molar-refractivity contribution in [2.24, 2.45) is 0 Å². The zero-order valence-corrected chi connectivity index (χ0v) is 22.5. The zero-order valence-electron chi connectivity index (χ0n) is 20.9. The van der Waals surface area contributed by atoms with Crippen LogP contribution in [0.15, 0.2) is 23.1 Å². The molecule has 3 heterocycles. The molecule has 0 bridgehead atoms. The standard InChI is InChI=1S/C25H36N4O5S2/c1-36(33,34)28-15-13-27(14-16-28)12-5-3-2-4-6-17-35-22-9-7-8-19-20(22)18-29(25(19)32)21-10-11-23(30)26-24(21)31/h7-9,21H,2-6,10-18H2,1H3,(H,26,30,31). The number of benzene rings is 1. The Hall–Kier alpha value is -1.95. The van der Waals surface area contributed by atoms with E-state index in [2.05, 4.69) is 10.2 Å². The van der Waals surface area contributed by atoms with Gasteiger partial charge < -0.3 is 9.80 Å². The Morgan fingerprint density at radius 3 is 2.44 bits per heavy atom. The van der Waals surface area contributed by atoms with E-state index in [1.54, 1.807) is 21.0 Å². The third kappa shape index (κ3) is 6.67. The fourth-order valence-electron chi connectivity index (χ4n) is 5.13. The van der Waals surface area contributed by atoms with Gasteiger partial charge in [0.2, 0.25) is 21.8 Å². The van der Waals surface area contributed by atoms with Crippen molar-refractivity contribution in [3.05, 3.63) is 29.3 Å². The number of piperazine rings is 1. The van der Waals surface area contributed by atoms with Crippen molar-refractivity contribution in [1.82, 2.24) is 19.4 Å². The molecule has 1 unspecified atom stereocenters. The van der Waals surface area contributed by atoms with E-state index < -0.39 is 16.1 Å². The van der Waals surface area contributed by atoms with Gasteiger partial charge in [-0.1, -0.05) is 25.3 Å². The van der Waals surface area contributed by atoms with Crippen molar-refractivity contribution in [2.75, 3.05) is 44.7 Å². The normalized spacial score (nSPS) is 21.6. The molecule has 198 valence electrons. The highest BCUT2D eigenvalue weighted by atomic mass is 32.2. The average molecular weight is 537 g/mol. The van der Waals surface area contributed by atoms with E-state index in [0.717, 1.165) is 55.1 Å². The maximum atomic E-state index is 12.9. The topological polar surface area (TPSA) is 107 Å².